The molecular formula is C12H21ClN4O. The molecule has 1 atom stereocenters. The molecule has 5 nitrogen and oxygen atoms in total. The fraction of sp³-hybridized carbons (Fsp3) is 0.667. The predicted molar refractivity (Wildman–Crippen MR) is 73.3 cm³/mol. The Kier molecular flexibility index (Phi) is 5.16. The van der Waals surface area contributed by atoms with Gasteiger partial charge in [0.2, 0.25) is 0 Å². The van der Waals surface area contributed by atoms with Crippen LogP contribution < -0.4 is 5.32 Å². The normalized spacial score (nSPS) is 19.8. The van der Waals surface area contributed by atoms with Crippen LogP contribution in [0.1, 0.15) is 42.9 Å². The fourth-order valence-corrected chi connectivity index (χ4v) is 2.03. The maximum Gasteiger partial charge on any atom is 0.274 e. The van der Waals surface area contributed by atoms with E-state index in [1.807, 2.05) is 11.0 Å². The third kappa shape index (κ3) is 3.03. The van der Waals surface area contributed by atoms with Crippen molar-refractivity contribution in [3.05, 3.63) is 17.5 Å². The van der Waals surface area contributed by atoms with Crippen LogP contribution >= 0.6 is 12.4 Å². The molecule has 0 aliphatic carbocycles. The van der Waals surface area contributed by atoms with Crippen molar-refractivity contribution < 1.29 is 4.79 Å². The van der Waals surface area contributed by atoms with Gasteiger partial charge in [0.15, 0.2) is 0 Å². The number of piperazine rings is 1. The van der Waals surface area contributed by atoms with Crippen molar-refractivity contribution in [2.75, 3.05) is 19.6 Å². The van der Waals surface area contributed by atoms with Crippen LogP contribution in [0.3, 0.4) is 0 Å². The van der Waals surface area contributed by atoms with Gasteiger partial charge >= 0.3 is 0 Å². The molecule has 0 radical (unpaired) electrons. The Balaban J connectivity index is 0.00000162. The van der Waals surface area contributed by atoms with E-state index in [-0.39, 0.29) is 24.4 Å². The molecule has 0 saturated carbocycles. The van der Waals surface area contributed by atoms with Crippen LogP contribution in [0, 0.1) is 0 Å². The van der Waals surface area contributed by atoms with Gasteiger partial charge in [-0.3, -0.25) is 9.89 Å². The predicted octanol–water partition coefficient (Wildman–Crippen LogP) is 1.39. The van der Waals surface area contributed by atoms with Gasteiger partial charge in [-0.05, 0) is 18.9 Å². The van der Waals surface area contributed by atoms with E-state index in [4.69, 9.17) is 0 Å². The number of carbonyl (C=O) groups is 1. The summed E-state index contributed by atoms with van der Waals surface area (Å²) in [6.07, 6.45) is 0. The number of H-pyrrole nitrogens is 1. The summed E-state index contributed by atoms with van der Waals surface area (Å²) in [5.74, 6) is 0.395. The number of halogens is 1. The van der Waals surface area contributed by atoms with E-state index >= 15 is 0 Å². The van der Waals surface area contributed by atoms with Gasteiger partial charge in [0.25, 0.3) is 5.91 Å². The largest absolute Gasteiger partial charge is 0.332 e. The molecule has 1 aliphatic heterocycles. The highest BCUT2D eigenvalue weighted by Gasteiger charge is 2.25. The Morgan fingerprint density at radius 2 is 2.28 bits per heavy atom. The molecule has 1 aliphatic rings. The Bertz CT molecular complexity index is 405. The molecular weight excluding hydrogens is 252 g/mol. The Labute approximate surface area is 114 Å². The van der Waals surface area contributed by atoms with Crippen LogP contribution in [0.5, 0.6) is 0 Å². The van der Waals surface area contributed by atoms with Crippen LogP contribution in [-0.4, -0.2) is 46.7 Å². The first-order valence-electron chi connectivity index (χ1n) is 6.16. The highest BCUT2D eigenvalue weighted by Crippen LogP contribution is 2.14. The summed E-state index contributed by atoms with van der Waals surface area (Å²) in [4.78, 5) is 14.1. The van der Waals surface area contributed by atoms with Gasteiger partial charge in [0.1, 0.15) is 5.69 Å². The number of hydrogen-bond donors (Lipinski definition) is 2. The highest BCUT2D eigenvalue weighted by atomic mass is 35.5. The van der Waals surface area contributed by atoms with Crippen molar-refractivity contribution in [3.8, 4) is 0 Å². The van der Waals surface area contributed by atoms with Crippen molar-refractivity contribution in [3.63, 3.8) is 0 Å². The Hall–Kier alpha value is -1.07. The van der Waals surface area contributed by atoms with Crippen LogP contribution in [0.25, 0.3) is 0 Å². The van der Waals surface area contributed by atoms with Crippen LogP contribution in [0.15, 0.2) is 6.07 Å². The molecule has 1 unspecified atom stereocenters. The van der Waals surface area contributed by atoms with Crippen LogP contribution in [-0.2, 0) is 0 Å². The SMILES string of the molecule is CC(C)c1cc(C(=O)N2CCNCC2C)n[nH]1.Cl. The first-order chi connectivity index (χ1) is 8.09. The quantitative estimate of drug-likeness (QED) is 0.855. The standard InChI is InChI=1S/C12H20N4O.ClH/c1-8(2)10-6-11(15-14-10)12(17)16-5-4-13-7-9(16)3;/h6,8-9,13H,4-5,7H2,1-3H3,(H,14,15);1H. The maximum absolute atomic E-state index is 12.3. The lowest BCUT2D eigenvalue weighted by Crippen LogP contribution is -2.52. The molecule has 0 spiro atoms. The van der Waals surface area contributed by atoms with E-state index in [0.717, 1.165) is 25.3 Å². The zero-order valence-corrected chi connectivity index (χ0v) is 11.9. The van der Waals surface area contributed by atoms with Crippen molar-refractivity contribution in [1.29, 1.82) is 0 Å². The van der Waals surface area contributed by atoms with E-state index in [9.17, 15) is 4.79 Å². The van der Waals surface area contributed by atoms with Crippen molar-refractivity contribution in [1.82, 2.24) is 20.4 Å². The van der Waals surface area contributed by atoms with Crippen molar-refractivity contribution in [2.24, 2.45) is 0 Å². The molecule has 6 heteroatoms. The van der Waals surface area contributed by atoms with Gasteiger partial charge in [0.05, 0.1) is 0 Å². The molecule has 0 aromatic carbocycles. The monoisotopic (exact) mass is 272 g/mol. The molecule has 1 saturated heterocycles. The van der Waals surface area contributed by atoms with E-state index in [2.05, 4.69) is 36.3 Å². The summed E-state index contributed by atoms with van der Waals surface area (Å²) in [6, 6.07) is 2.09. The summed E-state index contributed by atoms with van der Waals surface area (Å²) in [6.45, 7) is 8.68. The minimum absolute atomic E-state index is 0. The summed E-state index contributed by atoms with van der Waals surface area (Å²) in [5.41, 5.74) is 1.54. The number of aromatic nitrogens is 2. The molecule has 102 valence electrons. The molecule has 1 aromatic heterocycles. The van der Waals surface area contributed by atoms with Gasteiger partial charge in [-0.15, -0.1) is 12.4 Å². The number of hydrogen-bond acceptors (Lipinski definition) is 3. The van der Waals surface area contributed by atoms with Gasteiger partial charge in [0, 0.05) is 31.4 Å². The molecule has 2 rings (SSSR count). The zero-order valence-electron chi connectivity index (χ0n) is 11.1. The van der Waals surface area contributed by atoms with Crippen molar-refractivity contribution >= 4 is 18.3 Å². The van der Waals surface area contributed by atoms with E-state index in [1.54, 1.807) is 0 Å². The summed E-state index contributed by atoms with van der Waals surface area (Å²) >= 11 is 0. The van der Waals surface area contributed by atoms with E-state index in [0.29, 0.717) is 11.6 Å². The lowest BCUT2D eigenvalue weighted by atomic mass is 10.1. The van der Waals surface area contributed by atoms with Crippen LogP contribution in [0.4, 0.5) is 0 Å². The molecule has 18 heavy (non-hydrogen) atoms. The smallest absolute Gasteiger partial charge is 0.274 e. The number of nitrogens with zero attached hydrogens (tertiary/aromatic N) is 2. The van der Waals surface area contributed by atoms with Crippen LogP contribution in [0.2, 0.25) is 0 Å². The molecule has 2 heterocycles. The van der Waals surface area contributed by atoms with E-state index < -0.39 is 0 Å². The fourth-order valence-electron chi connectivity index (χ4n) is 2.03. The first-order valence-corrected chi connectivity index (χ1v) is 6.16. The number of carbonyl (C=O) groups excluding carboxylic acids is 1. The molecule has 0 bridgehead atoms. The van der Waals surface area contributed by atoms with Gasteiger partial charge < -0.3 is 10.2 Å². The van der Waals surface area contributed by atoms with Gasteiger partial charge in [-0.1, -0.05) is 13.8 Å². The van der Waals surface area contributed by atoms with E-state index in [1.165, 1.54) is 0 Å². The first kappa shape index (κ1) is 15.0. The number of rotatable bonds is 2. The third-order valence-corrected chi connectivity index (χ3v) is 3.20. The lowest BCUT2D eigenvalue weighted by molar-refractivity contribution is 0.0649. The minimum atomic E-state index is 0. The average molecular weight is 273 g/mol. The highest BCUT2D eigenvalue weighted by molar-refractivity contribution is 5.92. The second kappa shape index (κ2) is 6.20. The van der Waals surface area contributed by atoms with Gasteiger partial charge in [-0.2, -0.15) is 5.10 Å². The Morgan fingerprint density at radius 3 is 2.83 bits per heavy atom. The molecule has 1 amide bonds. The summed E-state index contributed by atoms with van der Waals surface area (Å²) in [7, 11) is 0. The minimum Gasteiger partial charge on any atom is -0.332 e. The average Bonchev–Trinajstić information content (AvgIpc) is 2.78. The topological polar surface area (TPSA) is 61.0 Å². The molecule has 2 N–H and O–H groups in total. The number of amides is 1. The van der Waals surface area contributed by atoms with Crippen molar-refractivity contribution in [2.45, 2.75) is 32.7 Å². The molecule has 1 fully saturated rings. The van der Waals surface area contributed by atoms with Gasteiger partial charge in [-0.25, -0.2) is 0 Å². The number of aromatic amines is 1. The second-order valence-corrected chi connectivity index (χ2v) is 4.91. The number of nitrogens with one attached hydrogen (secondary N) is 2. The zero-order chi connectivity index (χ0) is 12.4. The lowest BCUT2D eigenvalue weighted by Gasteiger charge is -2.33. The second-order valence-electron chi connectivity index (χ2n) is 4.91. The third-order valence-electron chi connectivity index (χ3n) is 3.20. The Morgan fingerprint density at radius 1 is 1.56 bits per heavy atom. The summed E-state index contributed by atoms with van der Waals surface area (Å²) in [5, 5.41) is 10.3. The molecule has 1 aromatic rings. The maximum atomic E-state index is 12.3. The summed E-state index contributed by atoms with van der Waals surface area (Å²) < 4.78 is 0.